The van der Waals surface area contributed by atoms with E-state index in [1.807, 2.05) is 18.3 Å². The Kier molecular flexibility index (Phi) is 4.05. The molecule has 3 rings (SSSR count). The first-order chi connectivity index (χ1) is 10.1. The van der Waals surface area contributed by atoms with Crippen molar-refractivity contribution < 1.29 is 0 Å². The molecule has 1 N–H and O–H groups in total. The summed E-state index contributed by atoms with van der Waals surface area (Å²) in [6.45, 7) is 5.35. The highest BCUT2D eigenvalue weighted by Gasteiger charge is 2.44. The zero-order chi connectivity index (χ0) is 14.9. The quantitative estimate of drug-likeness (QED) is 0.880. The van der Waals surface area contributed by atoms with E-state index in [4.69, 9.17) is 11.6 Å². The lowest BCUT2D eigenvalue weighted by Crippen LogP contribution is -2.39. The van der Waals surface area contributed by atoms with Crippen LogP contribution >= 0.6 is 11.6 Å². The fourth-order valence-corrected chi connectivity index (χ4v) is 3.17. The zero-order valence-corrected chi connectivity index (χ0v) is 13.4. The summed E-state index contributed by atoms with van der Waals surface area (Å²) in [4.78, 5) is 4.39. The number of nitrogens with one attached hydrogen (secondary N) is 1. The Morgan fingerprint density at radius 1 is 1.33 bits per heavy atom. The highest BCUT2D eigenvalue weighted by Crippen LogP contribution is 2.46. The van der Waals surface area contributed by atoms with Gasteiger partial charge < -0.3 is 9.88 Å². The molecule has 1 aliphatic carbocycles. The summed E-state index contributed by atoms with van der Waals surface area (Å²) < 4.78 is 2.25. The molecule has 0 spiro atoms. The van der Waals surface area contributed by atoms with E-state index in [1.54, 1.807) is 0 Å². The van der Waals surface area contributed by atoms with Gasteiger partial charge in [-0.05, 0) is 37.5 Å². The van der Waals surface area contributed by atoms with Gasteiger partial charge in [0, 0.05) is 42.0 Å². The van der Waals surface area contributed by atoms with Gasteiger partial charge in [-0.3, -0.25) is 0 Å². The fourth-order valence-electron chi connectivity index (χ4n) is 3.04. The molecule has 1 atom stereocenters. The molecule has 0 radical (unpaired) electrons. The van der Waals surface area contributed by atoms with Gasteiger partial charge in [-0.25, -0.2) is 4.98 Å². The average molecular weight is 304 g/mol. The van der Waals surface area contributed by atoms with Crippen LogP contribution in [-0.2, 0) is 18.5 Å². The molecular weight excluding hydrogens is 282 g/mol. The largest absolute Gasteiger partial charge is 0.333 e. The smallest absolute Gasteiger partial charge is 0.108 e. The first-order valence-corrected chi connectivity index (χ1v) is 8.04. The number of hydrogen-bond donors (Lipinski definition) is 1. The van der Waals surface area contributed by atoms with Gasteiger partial charge in [0.25, 0.3) is 0 Å². The van der Waals surface area contributed by atoms with Crippen LogP contribution in [0, 0.1) is 0 Å². The highest BCUT2D eigenvalue weighted by molar-refractivity contribution is 6.30. The zero-order valence-electron chi connectivity index (χ0n) is 12.6. The van der Waals surface area contributed by atoms with Gasteiger partial charge in [0.1, 0.15) is 5.82 Å². The Morgan fingerprint density at radius 3 is 2.67 bits per heavy atom. The molecule has 21 heavy (non-hydrogen) atoms. The van der Waals surface area contributed by atoms with E-state index in [9.17, 15) is 0 Å². The molecule has 1 saturated carbocycles. The van der Waals surface area contributed by atoms with Gasteiger partial charge in [-0.15, -0.1) is 0 Å². The Balaban J connectivity index is 1.67. The molecule has 4 heteroatoms. The third kappa shape index (κ3) is 3.14. The number of rotatable bonds is 6. The molecule has 1 heterocycles. The minimum Gasteiger partial charge on any atom is -0.333 e. The van der Waals surface area contributed by atoms with Gasteiger partial charge in [0.05, 0.1) is 0 Å². The molecule has 0 aliphatic heterocycles. The molecule has 0 bridgehead atoms. The van der Waals surface area contributed by atoms with Crippen molar-refractivity contribution >= 4 is 11.6 Å². The monoisotopic (exact) mass is 303 g/mol. The Hall–Kier alpha value is -1.32. The lowest BCUT2D eigenvalue weighted by molar-refractivity contribution is 0.396. The molecular formula is C17H22ClN3. The van der Waals surface area contributed by atoms with Crippen LogP contribution < -0.4 is 5.32 Å². The lowest BCUT2D eigenvalue weighted by atomic mass is 10.0. The van der Waals surface area contributed by atoms with Gasteiger partial charge in [0.2, 0.25) is 0 Å². The molecule has 3 nitrogen and oxygen atoms in total. The number of hydrogen-bond acceptors (Lipinski definition) is 2. The van der Waals surface area contributed by atoms with Gasteiger partial charge in [-0.1, -0.05) is 30.7 Å². The van der Waals surface area contributed by atoms with Crippen molar-refractivity contribution in [3.8, 4) is 0 Å². The normalized spacial score (nSPS) is 17.7. The number of halogens is 1. The van der Waals surface area contributed by atoms with Crippen LogP contribution in [0.4, 0.5) is 0 Å². The van der Waals surface area contributed by atoms with Crippen LogP contribution in [0.25, 0.3) is 0 Å². The SMILES string of the molecule is CCc1nccn1CC(C)NC1(c2ccc(Cl)cc2)CC1. The van der Waals surface area contributed by atoms with Gasteiger partial charge in [0.15, 0.2) is 0 Å². The first-order valence-electron chi connectivity index (χ1n) is 7.67. The topological polar surface area (TPSA) is 29.9 Å². The van der Waals surface area contributed by atoms with Crippen molar-refractivity contribution in [2.75, 3.05) is 0 Å². The van der Waals surface area contributed by atoms with Crippen LogP contribution in [0.1, 0.15) is 38.1 Å². The van der Waals surface area contributed by atoms with E-state index in [-0.39, 0.29) is 5.54 Å². The maximum atomic E-state index is 5.99. The molecule has 0 amide bonds. The second-order valence-electron chi connectivity index (χ2n) is 5.98. The van der Waals surface area contributed by atoms with Crippen LogP contribution in [0.15, 0.2) is 36.7 Å². The highest BCUT2D eigenvalue weighted by atomic mass is 35.5. The number of aryl methyl sites for hydroxylation is 1. The van der Waals surface area contributed by atoms with E-state index in [2.05, 4.69) is 47.0 Å². The molecule has 1 aliphatic rings. The number of aromatic nitrogens is 2. The van der Waals surface area contributed by atoms with Crippen molar-refractivity contribution in [1.29, 1.82) is 0 Å². The van der Waals surface area contributed by atoms with E-state index < -0.39 is 0 Å². The summed E-state index contributed by atoms with van der Waals surface area (Å²) in [6.07, 6.45) is 7.33. The first kappa shape index (κ1) is 14.6. The summed E-state index contributed by atoms with van der Waals surface area (Å²) >= 11 is 5.99. The maximum Gasteiger partial charge on any atom is 0.108 e. The predicted molar refractivity (Wildman–Crippen MR) is 86.6 cm³/mol. The minimum atomic E-state index is 0.150. The van der Waals surface area contributed by atoms with Crippen LogP contribution in [0.5, 0.6) is 0 Å². The van der Waals surface area contributed by atoms with Crippen LogP contribution in [0.2, 0.25) is 5.02 Å². The predicted octanol–water partition coefficient (Wildman–Crippen LogP) is 3.77. The number of imidazole rings is 1. The summed E-state index contributed by atoms with van der Waals surface area (Å²) in [5, 5.41) is 4.60. The third-order valence-electron chi connectivity index (χ3n) is 4.26. The lowest BCUT2D eigenvalue weighted by Gasteiger charge is -2.24. The van der Waals surface area contributed by atoms with Crippen molar-refractivity contribution in [2.45, 2.75) is 51.2 Å². The molecule has 2 aromatic rings. The summed E-state index contributed by atoms with van der Waals surface area (Å²) in [6, 6.07) is 8.65. The Bertz CT molecular complexity index is 599. The fraction of sp³-hybridized carbons (Fsp3) is 0.471. The average Bonchev–Trinajstić information content (AvgIpc) is 3.10. The van der Waals surface area contributed by atoms with E-state index in [0.717, 1.165) is 23.8 Å². The molecule has 0 saturated heterocycles. The minimum absolute atomic E-state index is 0.150. The molecule has 1 unspecified atom stereocenters. The number of benzene rings is 1. The van der Waals surface area contributed by atoms with Crippen molar-refractivity contribution in [1.82, 2.24) is 14.9 Å². The van der Waals surface area contributed by atoms with Crippen molar-refractivity contribution in [2.24, 2.45) is 0 Å². The Morgan fingerprint density at radius 2 is 2.05 bits per heavy atom. The second kappa shape index (κ2) is 5.82. The van der Waals surface area contributed by atoms with E-state index in [0.29, 0.717) is 6.04 Å². The van der Waals surface area contributed by atoms with Gasteiger partial charge in [-0.2, -0.15) is 0 Å². The number of nitrogens with zero attached hydrogens (tertiary/aromatic N) is 2. The standard InChI is InChI=1S/C17H22ClN3/c1-3-16-19-10-11-21(16)12-13(2)20-17(8-9-17)14-4-6-15(18)7-5-14/h4-7,10-11,13,20H,3,8-9,12H2,1-2H3. The Labute approximate surface area is 131 Å². The summed E-state index contributed by atoms with van der Waals surface area (Å²) in [7, 11) is 0. The van der Waals surface area contributed by atoms with Gasteiger partial charge >= 0.3 is 0 Å². The van der Waals surface area contributed by atoms with Crippen molar-refractivity contribution in [3.63, 3.8) is 0 Å². The van der Waals surface area contributed by atoms with Crippen molar-refractivity contribution in [3.05, 3.63) is 53.1 Å². The maximum absolute atomic E-state index is 5.99. The summed E-state index contributed by atoms with van der Waals surface area (Å²) in [5.74, 6) is 1.15. The molecule has 1 fully saturated rings. The molecule has 1 aromatic carbocycles. The van der Waals surface area contributed by atoms with Crippen LogP contribution in [-0.4, -0.2) is 15.6 Å². The van der Waals surface area contributed by atoms with E-state index in [1.165, 1.54) is 18.4 Å². The van der Waals surface area contributed by atoms with Crippen LogP contribution in [0.3, 0.4) is 0 Å². The summed E-state index contributed by atoms with van der Waals surface area (Å²) in [5.41, 5.74) is 1.50. The van der Waals surface area contributed by atoms with E-state index >= 15 is 0 Å². The third-order valence-corrected chi connectivity index (χ3v) is 4.51. The second-order valence-corrected chi connectivity index (χ2v) is 6.42. The molecule has 1 aromatic heterocycles. The molecule has 112 valence electrons.